The van der Waals surface area contributed by atoms with Crippen molar-refractivity contribution in [3.63, 3.8) is 0 Å². The summed E-state index contributed by atoms with van der Waals surface area (Å²) in [6.07, 6.45) is 6.82. The predicted molar refractivity (Wildman–Crippen MR) is 126 cm³/mol. The van der Waals surface area contributed by atoms with Gasteiger partial charge in [0.2, 0.25) is 0 Å². The minimum absolute atomic E-state index is 0.226. The van der Waals surface area contributed by atoms with E-state index >= 15 is 0 Å². The Labute approximate surface area is 192 Å². The molecule has 4 heterocycles. The second-order valence-corrected chi connectivity index (χ2v) is 9.43. The maximum atomic E-state index is 13.6. The molecule has 3 aliphatic heterocycles. The number of amides is 1. The summed E-state index contributed by atoms with van der Waals surface area (Å²) in [6.45, 7) is 6.03. The van der Waals surface area contributed by atoms with E-state index in [-0.39, 0.29) is 12.5 Å². The minimum Gasteiger partial charge on any atom is -0.482 e. The van der Waals surface area contributed by atoms with Crippen LogP contribution in [-0.4, -0.2) is 41.3 Å². The van der Waals surface area contributed by atoms with Gasteiger partial charge in [-0.25, -0.2) is 9.37 Å². The fourth-order valence-corrected chi connectivity index (χ4v) is 5.03. The smallest absolute Gasteiger partial charge is 0.260 e. The molecule has 7 heteroatoms. The number of carbonyl (C=O) groups is 1. The molecule has 0 aliphatic carbocycles. The number of piperidine rings is 1. The third kappa shape index (κ3) is 4.02. The van der Waals surface area contributed by atoms with Crippen LogP contribution in [0.3, 0.4) is 0 Å². The van der Waals surface area contributed by atoms with Gasteiger partial charge in [-0.15, -0.1) is 0 Å². The van der Waals surface area contributed by atoms with Gasteiger partial charge >= 0.3 is 0 Å². The molecule has 172 valence electrons. The molecule has 0 radical (unpaired) electrons. The standard InChI is InChI=1S/C26H28FN3O3/c1-26(2)20(13-22(33-26)24-19-7-6-18(27)12-21(19)29-25(24)32)17-5-8-23(28-14-17)30-10-3-4-16(15-30)9-11-31/h5-8,12-14,16,31H,3-4,9-11,15H2,1-2H3,(H,29,32)/b24-22+. The Kier molecular flexibility index (Phi) is 5.44. The lowest BCUT2D eigenvalue weighted by molar-refractivity contribution is -0.111. The Balaban J connectivity index is 1.44. The van der Waals surface area contributed by atoms with Crippen LogP contribution in [0.15, 0.2) is 48.4 Å². The number of aromatic nitrogens is 1. The van der Waals surface area contributed by atoms with Gasteiger partial charge in [0.05, 0.1) is 11.3 Å². The summed E-state index contributed by atoms with van der Waals surface area (Å²) >= 11 is 0. The van der Waals surface area contributed by atoms with Crippen LogP contribution >= 0.6 is 0 Å². The Hall–Kier alpha value is -3.19. The molecule has 0 saturated carbocycles. The molecule has 1 atom stereocenters. The van der Waals surface area contributed by atoms with Gasteiger partial charge < -0.3 is 20.1 Å². The Morgan fingerprint density at radius 3 is 2.91 bits per heavy atom. The number of nitrogens with one attached hydrogen (secondary N) is 1. The summed E-state index contributed by atoms with van der Waals surface area (Å²) in [4.78, 5) is 19.6. The van der Waals surface area contributed by atoms with Gasteiger partial charge in [0.15, 0.2) is 0 Å². The summed E-state index contributed by atoms with van der Waals surface area (Å²) in [5, 5.41) is 12.0. The van der Waals surface area contributed by atoms with Crippen LogP contribution in [0.4, 0.5) is 15.9 Å². The first-order chi connectivity index (χ1) is 15.9. The third-order valence-corrected chi connectivity index (χ3v) is 6.70. The summed E-state index contributed by atoms with van der Waals surface area (Å²) in [5.74, 6) is 1.22. The average molecular weight is 450 g/mol. The third-order valence-electron chi connectivity index (χ3n) is 6.70. The Morgan fingerprint density at radius 1 is 1.30 bits per heavy atom. The van der Waals surface area contributed by atoms with Crippen LogP contribution in [0, 0.1) is 11.7 Å². The van der Waals surface area contributed by atoms with Crippen molar-refractivity contribution in [3.8, 4) is 0 Å². The highest BCUT2D eigenvalue weighted by Gasteiger charge is 2.38. The van der Waals surface area contributed by atoms with Gasteiger partial charge in [-0.05, 0) is 75.4 Å². The number of rotatable bonds is 4. The van der Waals surface area contributed by atoms with E-state index in [9.17, 15) is 14.3 Å². The molecule has 1 aromatic carbocycles. The van der Waals surface area contributed by atoms with Crippen LogP contribution in [0.2, 0.25) is 0 Å². The van der Waals surface area contributed by atoms with Crippen molar-refractivity contribution in [3.05, 3.63) is 65.3 Å². The number of hydrogen-bond acceptors (Lipinski definition) is 5. The van der Waals surface area contributed by atoms with E-state index in [4.69, 9.17) is 9.72 Å². The highest BCUT2D eigenvalue weighted by Crippen LogP contribution is 2.44. The molecule has 0 spiro atoms. The maximum absolute atomic E-state index is 13.6. The summed E-state index contributed by atoms with van der Waals surface area (Å²) in [5.41, 5.74) is 2.73. The summed E-state index contributed by atoms with van der Waals surface area (Å²) in [7, 11) is 0. The molecular weight excluding hydrogens is 421 g/mol. The van der Waals surface area contributed by atoms with Crippen molar-refractivity contribution >= 4 is 28.6 Å². The van der Waals surface area contributed by atoms with Gasteiger partial charge in [0, 0.05) is 42.6 Å². The van der Waals surface area contributed by atoms with E-state index in [1.807, 2.05) is 38.3 Å². The topological polar surface area (TPSA) is 74.7 Å². The molecule has 1 aromatic heterocycles. The van der Waals surface area contributed by atoms with E-state index < -0.39 is 11.4 Å². The molecule has 1 unspecified atom stereocenters. The zero-order chi connectivity index (χ0) is 23.2. The van der Waals surface area contributed by atoms with E-state index in [2.05, 4.69) is 10.2 Å². The van der Waals surface area contributed by atoms with Gasteiger partial charge in [-0.1, -0.05) is 0 Å². The first kappa shape index (κ1) is 21.6. The van der Waals surface area contributed by atoms with E-state index in [0.29, 0.717) is 28.5 Å². The Bertz CT molecular complexity index is 1150. The lowest BCUT2D eigenvalue weighted by atomic mass is 9.93. The first-order valence-corrected chi connectivity index (χ1v) is 11.4. The van der Waals surface area contributed by atoms with Crippen molar-refractivity contribution in [1.82, 2.24) is 4.98 Å². The number of carbonyl (C=O) groups excluding carboxylic acids is 1. The number of ether oxygens (including phenoxy) is 1. The largest absolute Gasteiger partial charge is 0.482 e. The van der Waals surface area contributed by atoms with Crippen LogP contribution < -0.4 is 10.2 Å². The zero-order valence-corrected chi connectivity index (χ0v) is 18.9. The average Bonchev–Trinajstić information content (AvgIpc) is 3.28. The highest BCUT2D eigenvalue weighted by atomic mass is 19.1. The van der Waals surface area contributed by atoms with E-state index in [0.717, 1.165) is 49.3 Å². The molecule has 1 amide bonds. The molecule has 1 saturated heterocycles. The molecule has 5 rings (SSSR count). The van der Waals surface area contributed by atoms with E-state index in [1.54, 1.807) is 6.07 Å². The molecule has 2 N–H and O–H groups in total. The Morgan fingerprint density at radius 2 is 2.15 bits per heavy atom. The van der Waals surface area contributed by atoms with Crippen molar-refractivity contribution in [2.45, 2.75) is 38.7 Å². The number of anilines is 2. The van der Waals surface area contributed by atoms with Gasteiger partial charge in [0.25, 0.3) is 5.91 Å². The van der Waals surface area contributed by atoms with Crippen molar-refractivity contribution in [2.75, 3.05) is 29.9 Å². The molecule has 3 aliphatic rings. The molecule has 0 bridgehead atoms. The number of pyridine rings is 1. The fourth-order valence-electron chi connectivity index (χ4n) is 5.03. The second-order valence-electron chi connectivity index (χ2n) is 9.43. The highest BCUT2D eigenvalue weighted by molar-refractivity contribution is 6.32. The number of nitrogens with zero attached hydrogens (tertiary/aromatic N) is 2. The minimum atomic E-state index is -0.647. The molecule has 6 nitrogen and oxygen atoms in total. The van der Waals surface area contributed by atoms with Gasteiger partial charge in [-0.3, -0.25) is 4.79 Å². The molecule has 33 heavy (non-hydrogen) atoms. The van der Waals surface area contributed by atoms with Crippen LogP contribution in [-0.2, 0) is 9.53 Å². The zero-order valence-electron chi connectivity index (χ0n) is 18.9. The lowest BCUT2D eigenvalue weighted by Gasteiger charge is -2.33. The number of aliphatic hydroxyl groups is 1. The van der Waals surface area contributed by atoms with Crippen LogP contribution in [0.25, 0.3) is 11.1 Å². The normalized spacial score (nSPS) is 23.8. The number of hydrogen-bond donors (Lipinski definition) is 2. The molecule has 1 fully saturated rings. The number of allylic oxidation sites excluding steroid dienone is 1. The van der Waals surface area contributed by atoms with Crippen LogP contribution in [0.5, 0.6) is 0 Å². The van der Waals surface area contributed by atoms with Crippen molar-refractivity contribution in [2.24, 2.45) is 5.92 Å². The second kappa shape index (κ2) is 8.30. The quantitative estimate of drug-likeness (QED) is 0.678. The first-order valence-electron chi connectivity index (χ1n) is 11.4. The van der Waals surface area contributed by atoms with Crippen molar-refractivity contribution in [1.29, 1.82) is 0 Å². The number of aliphatic hydroxyl groups excluding tert-OH is 1. The van der Waals surface area contributed by atoms with Crippen molar-refractivity contribution < 1.29 is 19.0 Å². The fraction of sp³-hybridized carbons (Fsp3) is 0.385. The molecular formula is C26H28FN3O3. The lowest BCUT2D eigenvalue weighted by Crippen LogP contribution is -2.36. The number of halogens is 1. The van der Waals surface area contributed by atoms with E-state index in [1.165, 1.54) is 12.1 Å². The monoisotopic (exact) mass is 449 g/mol. The van der Waals surface area contributed by atoms with Gasteiger partial charge in [0.1, 0.15) is 23.0 Å². The summed E-state index contributed by atoms with van der Waals surface area (Å²) in [6, 6.07) is 8.34. The SMILES string of the molecule is CC1(C)O/C(=C2/C(=O)Nc3cc(F)ccc32)C=C1c1ccc(N2CCCC(CCO)C2)nc1. The van der Waals surface area contributed by atoms with Crippen LogP contribution in [0.1, 0.15) is 44.2 Å². The number of fused-ring (bicyclic) bond motifs is 1. The molecule has 2 aromatic rings. The number of benzene rings is 1. The predicted octanol–water partition coefficient (Wildman–Crippen LogP) is 4.38. The maximum Gasteiger partial charge on any atom is 0.260 e. The van der Waals surface area contributed by atoms with Gasteiger partial charge in [-0.2, -0.15) is 0 Å². The summed E-state index contributed by atoms with van der Waals surface area (Å²) < 4.78 is 19.8.